The highest BCUT2D eigenvalue weighted by molar-refractivity contribution is 6.36. The van der Waals surface area contributed by atoms with Crippen molar-refractivity contribution in [1.29, 1.82) is 5.26 Å². The molecule has 0 bridgehead atoms. The summed E-state index contributed by atoms with van der Waals surface area (Å²) in [6, 6.07) is 6.66. The molecule has 0 saturated carbocycles. The highest BCUT2D eigenvalue weighted by atomic mass is 35.5. The van der Waals surface area contributed by atoms with Crippen LogP contribution in [0.25, 0.3) is 0 Å². The second-order valence-electron chi connectivity index (χ2n) is 2.38. The van der Waals surface area contributed by atoms with Gasteiger partial charge in [0.2, 0.25) is 0 Å². The normalized spacial score (nSPS) is 11.8. The van der Waals surface area contributed by atoms with E-state index in [4.69, 9.17) is 28.5 Å². The van der Waals surface area contributed by atoms with Gasteiger partial charge in [0.1, 0.15) is 12.2 Å². The number of carbonyl (C=O) groups excluding carboxylic acids is 1. The minimum Gasteiger partial charge on any atom is -0.302 e. The van der Waals surface area contributed by atoms with Crippen LogP contribution in [0.3, 0.4) is 0 Å². The molecule has 1 rings (SSSR count). The Balaban J connectivity index is 3.28. The van der Waals surface area contributed by atoms with Crippen molar-refractivity contribution in [3.05, 3.63) is 33.8 Å². The van der Waals surface area contributed by atoms with Gasteiger partial charge in [-0.2, -0.15) is 5.26 Å². The monoisotopic (exact) mass is 213 g/mol. The Bertz CT molecular complexity index is 350. The molecule has 1 aromatic rings. The summed E-state index contributed by atoms with van der Waals surface area (Å²) in [7, 11) is 0. The molecule has 1 aromatic carbocycles. The number of benzene rings is 1. The topological polar surface area (TPSA) is 40.9 Å². The van der Waals surface area contributed by atoms with E-state index in [2.05, 4.69) is 0 Å². The van der Waals surface area contributed by atoms with Crippen LogP contribution in [0.1, 0.15) is 11.5 Å². The number of halogens is 2. The van der Waals surface area contributed by atoms with Crippen LogP contribution in [-0.4, -0.2) is 6.29 Å². The number of aldehydes is 1. The van der Waals surface area contributed by atoms with Crippen LogP contribution >= 0.6 is 23.2 Å². The number of hydrogen-bond acceptors (Lipinski definition) is 2. The predicted octanol–water partition coefficient (Wildman–Crippen LogP) is 2.80. The third-order valence-electron chi connectivity index (χ3n) is 1.59. The molecule has 0 spiro atoms. The fraction of sp³-hybridized carbons (Fsp3) is 0.111. The van der Waals surface area contributed by atoms with Gasteiger partial charge in [-0.25, -0.2) is 0 Å². The van der Waals surface area contributed by atoms with Crippen LogP contribution in [0.2, 0.25) is 10.0 Å². The van der Waals surface area contributed by atoms with Crippen molar-refractivity contribution in [2.24, 2.45) is 0 Å². The maximum absolute atomic E-state index is 10.5. The first kappa shape index (κ1) is 10.0. The largest absolute Gasteiger partial charge is 0.302 e. The Labute approximate surface area is 85.7 Å². The molecule has 0 amide bonds. The summed E-state index contributed by atoms with van der Waals surface area (Å²) in [5.41, 5.74) is 0.378. The van der Waals surface area contributed by atoms with Gasteiger partial charge < -0.3 is 4.79 Å². The molecule has 0 saturated heterocycles. The van der Waals surface area contributed by atoms with Crippen molar-refractivity contribution in [3.8, 4) is 6.07 Å². The molecular formula is C9H5Cl2NO. The summed E-state index contributed by atoms with van der Waals surface area (Å²) in [5, 5.41) is 9.31. The maximum atomic E-state index is 10.5. The number of rotatable bonds is 2. The summed E-state index contributed by atoms with van der Waals surface area (Å²) >= 11 is 11.6. The molecule has 0 aliphatic rings. The minimum absolute atomic E-state index is 0.339. The minimum atomic E-state index is -0.888. The fourth-order valence-corrected chi connectivity index (χ4v) is 1.60. The average molecular weight is 214 g/mol. The summed E-state index contributed by atoms with van der Waals surface area (Å²) in [6.45, 7) is 0. The first-order chi connectivity index (χ1) is 6.20. The lowest BCUT2D eigenvalue weighted by Crippen LogP contribution is -1.98. The van der Waals surface area contributed by atoms with E-state index in [0.717, 1.165) is 0 Å². The van der Waals surface area contributed by atoms with Crippen LogP contribution in [0.4, 0.5) is 0 Å². The molecule has 0 fully saturated rings. The Kier molecular flexibility index (Phi) is 3.30. The summed E-state index contributed by atoms with van der Waals surface area (Å²) < 4.78 is 0. The molecule has 0 unspecified atom stereocenters. The Hall–Kier alpha value is -1.04. The smallest absolute Gasteiger partial charge is 0.141 e. The van der Waals surface area contributed by atoms with E-state index in [1.165, 1.54) is 0 Å². The van der Waals surface area contributed by atoms with E-state index in [-0.39, 0.29) is 0 Å². The molecule has 0 radical (unpaired) electrons. The molecular weight excluding hydrogens is 209 g/mol. The third-order valence-corrected chi connectivity index (χ3v) is 2.25. The summed E-state index contributed by atoms with van der Waals surface area (Å²) in [6.07, 6.45) is 0.521. The van der Waals surface area contributed by atoms with Crippen molar-refractivity contribution >= 4 is 29.5 Å². The molecule has 0 aliphatic heterocycles. The zero-order chi connectivity index (χ0) is 9.84. The lowest BCUT2D eigenvalue weighted by Gasteiger charge is -2.06. The van der Waals surface area contributed by atoms with Gasteiger partial charge in [-0.1, -0.05) is 29.3 Å². The lowest BCUT2D eigenvalue weighted by atomic mass is 10.0. The zero-order valence-electron chi connectivity index (χ0n) is 6.50. The van der Waals surface area contributed by atoms with Crippen molar-refractivity contribution in [3.63, 3.8) is 0 Å². The number of nitriles is 1. The summed E-state index contributed by atoms with van der Waals surface area (Å²) in [5.74, 6) is -0.888. The van der Waals surface area contributed by atoms with E-state index >= 15 is 0 Å². The van der Waals surface area contributed by atoms with Gasteiger partial charge in [0.15, 0.2) is 0 Å². The standard InChI is InChI=1S/C9H5Cl2NO/c10-7-2-1-3-8(11)9(7)6(4-12)5-13/h1-3,5-6H/t6-/m0/s1. The second-order valence-corrected chi connectivity index (χ2v) is 3.19. The first-order valence-corrected chi connectivity index (χ1v) is 4.25. The van der Waals surface area contributed by atoms with E-state index in [1.54, 1.807) is 18.2 Å². The van der Waals surface area contributed by atoms with Crippen LogP contribution in [0.5, 0.6) is 0 Å². The molecule has 66 valence electrons. The lowest BCUT2D eigenvalue weighted by molar-refractivity contribution is -0.108. The van der Waals surface area contributed by atoms with Gasteiger partial charge in [-0.05, 0) is 12.1 Å². The quantitative estimate of drug-likeness (QED) is 0.710. The Morgan fingerprint density at radius 1 is 1.38 bits per heavy atom. The molecule has 0 heterocycles. The van der Waals surface area contributed by atoms with E-state index < -0.39 is 5.92 Å². The summed E-state index contributed by atoms with van der Waals surface area (Å²) in [4.78, 5) is 10.5. The molecule has 2 nitrogen and oxygen atoms in total. The van der Waals surface area contributed by atoms with Crippen molar-refractivity contribution in [1.82, 2.24) is 0 Å². The number of carbonyl (C=O) groups is 1. The number of hydrogen-bond donors (Lipinski definition) is 0. The van der Waals surface area contributed by atoms with Crippen molar-refractivity contribution in [2.45, 2.75) is 5.92 Å². The van der Waals surface area contributed by atoms with E-state index in [1.807, 2.05) is 6.07 Å². The predicted molar refractivity (Wildman–Crippen MR) is 50.9 cm³/mol. The molecule has 4 heteroatoms. The van der Waals surface area contributed by atoms with Crippen LogP contribution in [0, 0.1) is 11.3 Å². The average Bonchev–Trinajstić information content (AvgIpc) is 2.11. The highest BCUT2D eigenvalue weighted by Crippen LogP contribution is 2.29. The second kappa shape index (κ2) is 4.27. The van der Waals surface area contributed by atoms with E-state index in [0.29, 0.717) is 21.9 Å². The van der Waals surface area contributed by atoms with Crippen LogP contribution < -0.4 is 0 Å². The SMILES string of the molecule is N#C[C@@H](C=O)c1c(Cl)cccc1Cl. The third kappa shape index (κ3) is 2.00. The number of nitrogens with zero attached hydrogens (tertiary/aromatic N) is 1. The van der Waals surface area contributed by atoms with Crippen LogP contribution in [0.15, 0.2) is 18.2 Å². The van der Waals surface area contributed by atoms with Gasteiger partial charge in [0, 0.05) is 15.6 Å². The Morgan fingerprint density at radius 2 is 1.92 bits per heavy atom. The highest BCUT2D eigenvalue weighted by Gasteiger charge is 2.16. The van der Waals surface area contributed by atoms with Gasteiger partial charge in [-0.3, -0.25) is 0 Å². The first-order valence-electron chi connectivity index (χ1n) is 3.49. The molecule has 0 aliphatic carbocycles. The molecule has 0 aromatic heterocycles. The molecule has 1 atom stereocenters. The van der Waals surface area contributed by atoms with Gasteiger partial charge in [0.25, 0.3) is 0 Å². The van der Waals surface area contributed by atoms with E-state index in [9.17, 15) is 4.79 Å². The fourth-order valence-electron chi connectivity index (χ4n) is 0.971. The molecule has 0 N–H and O–H groups in total. The van der Waals surface area contributed by atoms with Crippen LogP contribution in [-0.2, 0) is 4.79 Å². The maximum Gasteiger partial charge on any atom is 0.141 e. The van der Waals surface area contributed by atoms with Gasteiger partial charge in [-0.15, -0.1) is 0 Å². The van der Waals surface area contributed by atoms with Crippen molar-refractivity contribution in [2.75, 3.05) is 0 Å². The van der Waals surface area contributed by atoms with Gasteiger partial charge >= 0.3 is 0 Å². The zero-order valence-corrected chi connectivity index (χ0v) is 8.01. The Morgan fingerprint density at radius 3 is 2.31 bits per heavy atom. The van der Waals surface area contributed by atoms with Crippen molar-refractivity contribution < 1.29 is 4.79 Å². The molecule has 13 heavy (non-hydrogen) atoms. The van der Waals surface area contributed by atoms with Gasteiger partial charge in [0.05, 0.1) is 6.07 Å².